The van der Waals surface area contributed by atoms with Gasteiger partial charge in [0, 0.05) is 24.6 Å². The Bertz CT molecular complexity index is 462. The number of thioether (sulfide) groups is 1. The lowest BCUT2D eigenvalue weighted by atomic mass is 9.84. The molecule has 6 atom stereocenters. The number of hydrogen-bond donors (Lipinski definition) is 4. The minimum absolute atomic E-state index is 0.0440. The summed E-state index contributed by atoms with van der Waals surface area (Å²) < 4.78 is 0. The van der Waals surface area contributed by atoms with Gasteiger partial charge in [0.15, 0.2) is 0 Å². The van der Waals surface area contributed by atoms with Gasteiger partial charge in [-0.15, -0.1) is 0 Å². The molecule has 158 valence electrons. The number of carbonyl (C=O) groups excluding carboxylic acids is 2. The molecule has 0 spiro atoms. The van der Waals surface area contributed by atoms with Gasteiger partial charge < -0.3 is 21.5 Å². The number of aliphatic hydroxyl groups excluding tert-OH is 1. The van der Waals surface area contributed by atoms with Gasteiger partial charge in [-0.3, -0.25) is 9.59 Å². The first-order chi connectivity index (χ1) is 12.8. The lowest BCUT2D eigenvalue weighted by Crippen LogP contribution is -2.47. The Kier molecular flexibility index (Phi) is 11.3. The third-order valence-electron chi connectivity index (χ3n) is 5.61. The number of amides is 2. The highest BCUT2D eigenvalue weighted by atomic mass is 32.2. The molecule has 6 nitrogen and oxygen atoms in total. The molecule has 0 aromatic carbocycles. The van der Waals surface area contributed by atoms with Crippen LogP contribution >= 0.6 is 11.8 Å². The molecule has 0 aliphatic carbocycles. The number of carbonyl (C=O) groups is 2. The lowest BCUT2D eigenvalue weighted by Gasteiger charge is -2.28. The Morgan fingerprint density at radius 3 is 2.56 bits per heavy atom. The highest BCUT2D eigenvalue weighted by Gasteiger charge is 2.39. The Labute approximate surface area is 168 Å². The fourth-order valence-electron chi connectivity index (χ4n) is 3.79. The molecule has 1 saturated heterocycles. The van der Waals surface area contributed by atoms with E-state index in [1.165, 1.54) is 0 Å². The summed E-state index contributed by atoms with van der Waals surface area (Å²) in [5, 5.41) is 16.0. The minimum Gasteiger partial charge on any atom is -0.377 e. The molecule has 7 heteroatoms. The van der Waals surface area contributed by atoms with Gasteiger partial charge in [0.05, 0.1) is 6.04 Å². The third-order valence-corrected chi connectivity index (χ3v) is 7.14. The van der Waals surface area contributed by atoms with Crippen LogP contribution in [-0.2, 0) is 9.59 Å². The predicted octanol–water partition coefficient (Wildman–Crippen LogP) is 2.39. The van der Waals surface area contributed by atoms with Gasteiger partial charge in [-0.05, 0) is 36.9 Å². The number of aliphatic hydroxyl groups is 1. The summed E-state index contributed by atoms with van der Waals surface area (Å²) in [6.45, 7) is 8.07. The number of rotatable bonds is 12. The molecule has 0 radical (unpaired) electrons. The fourth-order valence-corrected chi connectivity index (χ4v) is 5.60. The molecule has 1 rings (SSSR count). The van der Waals surface area contributed by atoms with Gasteiger partial charge in [0.1, 0.15) is 6.23 Å². The highest BCUT2D eigenvalue weighted by Crippen LogP contribution is 2.39. The van der Waals surface area contributed by atoms with Crippen LogP contribution in [0.1, 0.15) is 72.6 Å². The molecule has 1 aliphatic heterocycles. The smallest absolute Gasteiger partial charge is 0.220 e. The summed E-state index contributed by atoms with van der Waals surface area (Å²) in [5.74, 6) is 2.22. The highest BCUT2D eigenvalue weighted by molar-refractivity contribution is 8.00. The molecule has 5 N–H and O–H groups in total. The molecular formula is C20H39N3O3S. The maximum absolute atomic E-state index is 12.1. The second kappa shape index (κ2) is 12.6. The zero-order valence-electron chi connectivity index (χ0n) is 17.4. The van der Waals surface area contributed by atoms with E-state index in [0.29, 0.717) is 29.9 Å². The van der Waals surface area contributed by atoms with Crippen molar-refractivity contribution in [2.45, 2.75) is 96.2 Å². The summed E-state index contributed by atoms with van der Waals surface area (Å²) in [4.78, 5) is 23.7. The number of nitrogens with two attached hydrogens (primary N) is 1. The molecule has 6 unspecified atom stereocenters. The van der Waals surface area contributed by atoms with Crippen molar-refractivity contribution < 1.29 is 14.7 Å². The SMILES string of the molecule is CCCC(NC(=O)CCCCC1SCC(C(C)CC)C1NC(C)=O)C(N)O. The van der Waals surface area contributed by atoms with Crippen molar-refractivity contribution in [3.63, 3.8) is 0 Å². The van der Waals surface area contributed by atoms with Crippen molar-refractivity contribution in [3.8, 4) is 0 Å². The monoisotopic (exact) mass is 401 g/mol. The average molecular weight is 402 g/mol. The standard InChI is InChI=1S/C20H39N3O3S/c1-5-9-16(20(21)26)23-18(25)11-8-7-10-17-19(22-14(4)24)15(12-27-17)13(3)6-2/h13,15-17,19-20,26H,5-12,21H2,1-4H3,(H,22,24)(H,23,25). The normalized spacial score (nSPS) is 25.6. The quantitative estimate of drug-likeness (QED) is 0.297. The third kappa shape index (κ3) is 8.40. The van der Waals surface area contributed by atoms with Crippen molar-refractivity contribution in [1.29, 1.82) is 0 Å². The summed E-state index contributed by atoms with van der Waals surface area (Å²) >= 11 is 1.96. The molecule has 1 heterocycles. The molecule has 0 bridgehead atoms. The van der Waals surface area contributed by atoms with E-state index >= 15 is 0 Å². The molecule has 0 aromatic heterocycles. The number of hydrogen-bond acceptors (Lipinski definition) is 5. The Balaban J connectivity index is 2.41. The van der Waals surface area contributed by atoms with Crippen LogP contribution in [-0.4, -0.2) is 46.2 Å². The first-order valence-corrected chi connectivity index (χ1v) is 11.5. The topological polar surface area (TPSA) is 104 Å². The van der Waals surface area contributed by atoms with Crippen LogP contribution in [0.2, 0.25) is 0 Å². The Hall–Kier alpha value is -0.790. The van der Waals surface area contributed by atoms with E-state index in [0.717, 1.165) is 37.9 Å². The summed E-state index contributed by atoms with van der Waals surface area (Å²) in [6, 6.07) is -0.133. The van der Waals surface area contributed by atoms with Gasteiger partial charge in [-0.2, -0.15) is 11.8 Å². The molecule has 0 saturated carbocycles. The van der Waals surface area contributed by atoms with Gasteiger partial charge in [0.2, 0.25) is 11.8 Å². The van der Waals surface area contributed by atoms with Gasteiger partial charge in [0.25, 0.3) is 0 Å². The van der Waals surface area contributed by atoms with Gasteiger partial charge >= 0.3 is 0 Å². The average Bonchev–Trinajstić information content (AvgIpc) is 2.99. The second-order valence-corrected chi connectivity index (χ2v) is 9.12. The first-order valence-electron chi connectivity index (χ1n) is 10.4. The maximum atomic E-state index is 12.1. The lowest BCUT2D eigenvalue weighted by molar-refractivity contribution is -0.123. The van der Waals surface area contributed by atoms with Crippen LogP contribution in [0.3, 0.4) is 0 Å². The largest absolute Gasteiger partial charge is 0.377 e. The number of nitrogens with one attached hydrogen (secondary N) is 2. The summed E-state index contributed by atoms with van der Waals surface area (Å²) in [6.07, 6.45) is 4.87. The van der Waals surface area contributed by atoms with E-state index < -0.39 is 6.23 Å². The molecule has 2 amide bonds. The van der Waals surface area contributed by atoms with E-state index in [-0.39, 0.29) is 23.9 Å². The zero-order chi connectivity index (χ0) is 20.4. The van der Waals surface area contributed by atoms with Crippen molar-refractivity contribution in [2.75, 3.05) is 5.75 Å². The molecule has 27 heavy (non-hydrogen) atoms. The number of unbranched alkanes of at least 4 members (excludes halogenated alkanes) is 1. The van der Waals surface area contributed by atoms with Crippen LogP contribution < -0.4 is 16.4 Å². The van der Waals surface area contributed by atoms with Crippen molar-refractivity contribution in [3.05, 3.63) is 0 Å². The van der Waals surface area contributed by atoms with E-state index in [4.69, 9.17) is 5.73 Å². The van der Waals surface area contributed by atoms with Crippen molar-refractivity contribution >= 4 is 23.6 Å². The summed E-state index contributed by atoms with van der Waals surface area (Å²) in [7, 11) is 0. The second-order valence-electron chi connectivity index (χ2n) is 7.85. The van der Waals surface area contributed by atoms with E-state index in [1.54, 1.807) is 6.92 Å². The van der Waals surface area contributed by atoms with E-state index in [2.05, 4.69) is 24.5 Å². The van der Waals surface area contributed by atoms with Crippen LogP contribution in [0.5, 0.6) is 0 Å². The van der Waals surface area contributed by atoms with Crippen LogP contribution in [0.4, 0.5) is 0 Å². The van der Waals surface area contributed by atoms with Crippen LogP contribution in [0.15, 0.2) is 0 Å². The predicted molar refractivity (Wildman–Crippen MR) is 112 cm³/mol. The first kappa shape index (κ1) is 24.2. The van der Waals surface area contributed by atoms with Crippen molar-refractivity contribution in [1.82, 2.24) is 10.6 Å². The Morgan fingerprint density at radius 1 is 1.30 bits per heavy atom. The van der Waals surface area contributed by atoms with Gasteiger partial charge in [-0.25, -0.2) is 0 Å². The van der Waals surface area contributed by atoms with Crippen LogP contribution in [0, 0.1) is 11.8 Å². The Morgan fingerprint density at radius 2 is 2.00 bits per heavy atom. The van der Waals surface area contributed by atoms with Crippen LogP contribution in [0.25, 0.3) is 0 Å². The molecule has 0 aromatic rings. The van der Waals surface area contributed by atoms with Crippen molar-refractivity contribution in [2.24, 2.45) is 17.6 Å². The maximum Gasteiger partial charge on any atom is 0.220 e. The molecular weight excluding hydrogens is 362 g/mol. The molecule has 1 fully saturated rings. The zero-order valence-corrected chi connectivity index (χ0v) is 18.2. The van der Waals surface area contributed by atoms with E-state index in [1.807, 2.05) is 18.7 Å². The van der Waals surface area contributed by atoms with Gasteiger partial charge in [-0.1, -0.05) is 40.0 Å². The summed E-state index contributed by atoms with van der Waals surface area (Å²) in [5.41, 5.74) is 5.52. The fraction of sp³-hybridized carbons (Fsp3) is 0.900. The van der Waals surface area contributed by atoms with E-state index in [9.17, 15) is 14.7 Å². The minimum atomic E-state index is -1.01. The molecule has 1 aliphatic rings.